The number of thiazole rings is 1. The van der Waals surface area contributed by atoms with E-state index in [4.69, 9.17) is 5.11 Å². The number of rotatable bonds is 4. The first-order valence-corrected chi connectivity index (χ1v) is 6.29. The second-order valence-electron chi connectivity index (χ2n) is 4.46. The molecule has 2 N–H and O–H groups in total. The summed E-state index contributed by atoms with van der Waals surface area (Å²) in [7, 11) is 1.45. The van der Waals surface area contributed by atoms with Crippen molar-refractivity contribution in [2.45, 2.75) is 32.9 Å². The number of urea groups is 1. The Kier molecular flexibility index (Phi) is 4.28. The first kappa shape index (κ1) is 14.4. The molecule has 0 bridgehead atoms. The number of likely N-dealkylation sites (N-methyl/N-ethyl adjacent to an activating group) is 1. The van der Waals surface area contributed by atoms with Crippen LogP contribution in [0.5, 0.6) is 0 Å². The molecule has 0 saturated carbocycles. The molecular formula is C11H17N3O3S. The van der Waals surface area contributed by atoms with Crippen molar-refractivity contribution in [1.82, 2.24) is 15.2 Å². The van der Waals surface area contributed by atoms with Crippen molar-refractivity contribution >= 4 is 23.3 Å². The van der Waals surface area contributed by atoms with Crippen LogP contribution in [0.1, 0.15) is 24.5 Å². The van der Waals surface area contributed by atoms with Gasteiger partial charge in [0.15, 0.2) is 0 Å². The molecular weight excluding hydrogens is 254 g/mol. The lowest BCUT2D eigenvalue weighted by Crippen LogP contribution is -2.53. The average molecular weight is 271 g/mol. The number of nitrogens with one attached hydrogen (secondary N) is 1. The van der Waals surface area contributed by atoms with E-state index in [0.29, 0.717) is 6.54 Å². The summed E-state index contributed by atoms with van der Waals surface area (Å²) >= 11 is 1.46. The highest BCUT2D eigenvalue weighted by Gasteiger charge is 2.35. The smallest absolute Gasteiger partial charge is 0.329 e. The number of hydrogen-bond acceptors (Lipinski definition) is 4. The van der Waals surface area contributed by atoms with Crippen LogP contribution < -0.4 is 5.32 Å². The van der Waals surface area contributed by atoms with Crippen LogP contribution in [0.15, 0.2) is 5.38 Å². The zero-order valence-corrected chi connectivity index (χ0v) is 11.7. The van der Waals surface area contributed by atoms with E-state index in [0.717, 1.165) is 15.6 Å². The fourth-order valence-corrected chi connectivity index (χ4v) is 1.86. The summed E-state index contributed by atoms with van der Waals surface area (Å²) in [4.78, 5) is 28.2. The third-order valence-electron chi connectivity index (χ3n) is 2.72. The number of nitrogens with zero attached hydrogens (tertiary/aromatic N) is 2. The molecule has 1 heterocycles. The van der Waals surface area contributed by atoms with Crippen LogP contribution in [0, 0.1) is 6.92 Å². The van der Waals surface area contributed by atoms with Crippen LogP contribution in [0.2, 0.25) is 0 Å². The fourth-order valence-electron chi connectivity index (χ4n) is 1.15. The standard InChI is InChI=1S/C11H17N3O3S/c1-7-6-18-8(13-7)5-12-10(17)14(4)11(2,3)9(15)16/h6H,5H2,1-4H3,(H,12,17)(H,15,16). The van der Waals surface area contributed by atoms with Crippen molar-refractivity contribution < 1.29 is 14.7 Å². The SMILES string of the molecule is Cc1csc(CNC(=O)N(C)C(C)(C)C(=O)O)n1. The van der Waals surface area contributed by atoms with Crippen molar-refractivity contribution in [3.63, 3.8) is 0 Å². The van der Waals surface area contributed by atoms with Gasteiger partial charge in [0.05, 0.1) is 6.54 Å². The number of carboxylic acids is 1. The van der Waals surface area contributed by atoms with E-state index in [1.165, 1.54) is 32.2 Å². The molecule has 0 fully saturated rings. The van der Waals surface area contributed by atoms with E-state index in [2.05, 4.69) is 10.3 Å². The summed E-state index contributed by atoms with van der Waals surface area (Å²) in [5, 5.41) is 14.4. The molecule has 0 spiro atoms. The maximum Gasteiger partial charge on any atom is 0.329 e. The van der Waals surface area contributed by atoms with Crippen LogP contribution in [0.3, 0.4) is 0 Å². The molecule has 0 unspecified atom stereocenters. The fraction of sp³-hybridized carbons (Fsp3) is 0.545. The normalized spacial score (nSPS) is 11.1. The minimum Gasteiger partial charge on any atom is -0.480 e. The lowest BCUT2D eigenvalue weighted by molar-refractivity contribution is -0.146. The number of carbonyl (C=O) groups is 2. The largest absolute Gasteiger partial charge is 0.480 e. The monoisotopic (exact) mass is 271 g/mol. The molecule has 0 atom stereocenters. The van der Waals surface area contributed by atoms with Crippen LogP contribution in [0.4, 0.5) is 4.79 Å². The van der Waals surface area contributed by atoms with Gasteiger partial charge in [-0.25, -0.2) is 14.6 Å². The van der Waals surface area contributed by atoms with Crippen molar-refractivity contribution in [3.05, 3.63) is 16.1 Å². The third kappa shape index (κ3) is 3.19. The molecule has 100 valence electrons. The highest BCUT2D eigenvalue weighted by atomic mass is 32.1. The zero-order valence-electron chi connectivity index (χ0n) is 10.9. The van der Waals surface area contributed by atoms with Gasteiger partial charge >= 0.3 is 12.0 Å². The predicted molar refractivity (Wildman–Crippen MR) is 68.6 cm³/mol. The Bertz CT molecular complexity index is 456. The molecule has 6 nitrogen and oxygen atoms in total. The molecule has 18 heavy (non-hydrogen) atoms. The minimum absolute atomic E-state index is 0.303. The number of carboxylic acid groups (broad SMARTS) is 1. The lowest BCUT2D eigenvalue weighted by atomic mass is 10.1. The second-order valence-corrected chi connectivity index (χ2v) is 5.41. The average Bonchev–Trinajstić information content (AvgIpc) is 2.70. The van der Waals surface area contributed by atoms with Crippen LogP contribution in [-0.4, -0.2) is 39.6 Å². The summed E-state index contributed by atoms with van der Waals surface area (Å²) in [6.45, 7) is 5.13. The molecule has 1 rings (SSSR count). The van der Waals surface area contributed by atoms with Gasteiger partial charge in [0.1, 0.15) is 10.5 Å². The summed E-state index contributed by atoms with van der Waals surface area (Å²) in [6.07, 6.45) is 0. The quantitative estimate of drug-likeness (QED) is 0.868. The Labute approximate surface area is 110 Å². The molecule has 0 aliphatic carbocycles. The Morgan fingerprint density at radius 1 is 1.56 bits per heavy atom. The van der Waals surface area contributed by atoms with Crippen molar-refractivity contribution in [2.24, 2.45) is 0 Å². The van der Waals surface area contributed by atoms with Gasteiger partial charge in [-0.15, -0.1) is 11.3 Å². The molecule has 2 amide bonds. The number of amides is 2. The number of carbonyl (C=O) groups excluding carboxylic acids is 1. The van der Waals surface area contributed by atoms with E-state index in [1.54, 1.807) is 0 Å². The molecule has 0 radical (unpaired) electrons. The Hall–Kier alpha value is -1.63. The molecule has 7 heteroatoms. The van der Waals surface area contributed by atoms with Crippen molar-refractivity contribution in [2.75, 3.05) is 7.05 Å². The number of hydrogen-bond donors (Lipinski definition) is 2. The number of aliphatic carboxylic acids is 1. The Morgan fingerprint density at radius 3 is 2.61 bits per heavy atom. The molecule has 1 aromatic heterocycles. The lowest BCUT2D eigenvalue weighted by Gasteiger charge is -2.31. The maximum absolute atomic E-state index is 11.8. The Morgan fingerprint density at radius 2 is 2.17 bits per heavy atom. The minimum atomic E-state index is -1.25. The van der Waals surface area contributed by atoms with Gasteiger partial charge in [-0.05, 0) is 20.8 Å². The van der Waals surface area contributed by atoms with E-state index < -0.39 is 17.5 Å². The summed E-state index contributed by atoms with van der Waals surface area (Å²) in [5.41, 5.74) is -0.341. The van der Waals surface area contributed by atoms with Crippen LogP contribution in [0.25, 0.3) is 0 Å². The van der Waals surface area contributed by atoms with Crippen molar-refractivity contribution in [3.8, 4) is 0 Å². The van der Waals surface area contributed by atoms with Gasteiger partial charge in [0.2, 0.25) is 0 Å². The number of aryl methyl sites for hydroxylation is 1. The van der Waals surface area contributed by atoms with E-state index in [9.17, 15) is 9.59 Å². The molecule has 0 saturated heterocycles. The molecule has 0 aliphatic heterocycles. The van der Waals surface area contributed by atoms with Gasteiger partial charge < -0.3 is 15.3 Å². The van der Waals surface area contributed by atoms with Crippen LogP contribution in [-0.2, 0) is 11.3 Å². The third-order valence-corrected chi connectivity index (χ3v) is 3.69. The first-order valence-electron chi connectivity index (χ1n) is 5.41. The van der Waals surface area contributed by atoms with Gasteiger partial charge in [0.25, 0.3) is 0 Å². The van der Waals surface area contributed by atoms with Gasteiger partial charge in [-0.2, -0.15) is 0 Å². The van der Waals surface area contributed by atoms with E-state index in [-0.39, 0.29) is 0 Å². The second kappa shape index (κ2) is 5.34. The number of aromatic nitrogens is 1. The van der Waals surface area contributed by atoms with Gasteiger partial charge in [-0.1, -0.05) is 0 Å². The predicted octanol–water partition coefficient (Wildman–Crippen LogP) is 1.46. The molecule has 0 aromatic carbocycles. The first-order chi connectivity index (χ1) is 8.25. The summed E-state index contributed by atoms with van der Waals surface area (Å²) in [6, 6.07) is -0.435. The molecule has 0 aliphatic rings. The highest BCUT2D eigenvalue weighted by Crippen LogP contribution is 2.13. The van der Waals surface area contributed by atoms with Gasteiger partial charge in [0, 0.05) is 18.1 Å². The zero-order chi connectivity index (χ0) is 13.9. The molecule has 1 aromatic rings. The highest BCUT2D eigenvalue weighted by molar-refractivity contribution is 7.09. The van der Waals surface area contributed by atoms with E-state index >= 15 is 0 Å². The summed E-state index contributed by atoms with van der Waals surface area (Å²) in [5.74, 6) is -1.05. The topological polar surface area (TPSA) is 82.5 Å². The van der Waals surface area contributed by atoms with Gasteiger partial charge in [-0.3, -0.25) is 0 Å². The van der Waals surface area contributed by atoms with Crippen LogP contribution >= 0.6 is 11.3 Å². The van der Waals surface area contributed by atoms with Crippen molar-refractivity contribution in [1.29, 1.82) is 0 Å². The Balaban J connectivity index is 2.58. The summed E-state index contributed by atoms with van der Waals surface area (Å²) < 4.78 is 0. The van der Waals surface area contributed by atoms with E-state index in [1.807, 2.05) is 12.3 Å². The maximum atomic E-state index is 11.8.